The van der Waals surface area contributed by atoms with Crippen LogP contribution in [0.4, 0.5) is 0 Å². The second-order valence-corrected chi connectivity index (χ2v) is 6.43. The summed E-state index contributed by atoms with van der Waals surface area (Å²) < 4.78 is 10.4. The standard InChI is InChI=1S/C16H30N2O3/c1-12(11-21-3)18(8-9-20-2)16(19)15-10-13-6-4-5-7-14(13)17-15/h12-15,17H,4-11H2,1-3H3. The van der Waals surface area contributed by atoms with Crippen LogP contribution in [0.25, 0.3) is 0 Å². The molecule has 0 aromatic carbocycles. The van der Waals surface area contributed by atoms with Gasteiger partial charge in [0, 0.05) is 26.8 Å². The van der Waals surface area contributed by atoms with E-state index in [0.29, 0.717) is 31.7 Å². The molecule has 1 saturated carbocycles. The van der Waals surface area contributed by atoms with Crippen molar-refractivity contribution in [3.8, 4) is 0 Å². The lowest BCUT2D eigenvalue weighted by Gasteiger charge is -2.31. The van der Waals surface area contributed by atoms with Crippen molar-refractivity contribution in [2.45, 2.75) is 57.2 Å². The molecule has 4 atom stereocenters. The molecule has 5 nitrogen and oxygen atoms in total. The molecule has 1 heterocycles. The average molecular weight is 298 g/mol. The topological polar surface area (TPSA) is 50.8 Å². The van der Waals surface area contributed by atoms with E-state index >= 15 is 0 Å². The molecule has 0 spiro atoms. The Morgan fingerprint density at radius 2 is 2.05 bits per heavy atom. The molecule has 4 unspecified atom stereocenters. The van der Waals surface area contributed by atoms with Crippen LogP contribution in [0.1, 0.15) is 39.0 Å². The fourth-order valence-corrected chi connectivity index (χ4v) is 3.78. The third-order valence-corrected chi connectivity index (χ3v) is 4.92. The molecule has 0 radical (unpaired) electrons. The maximum Gasteiger partial charge on any atom is 0.240 e. The van der Waals surface area contributed by atoms with Gasteiger partial charge in [-0.2, -0.15) is 0 Å². The Labute approximate surface area is 128 Å². The Hall–Kier alpha value is -0.650. The lowest BCUT2D eigenvalue weighted by atomic mass is 9.85. The molecule has 1 aliphatic heterocycles. The van der Waals surface area contributed by atoms with E-state index in [1.807, 2.05) is 11.8 Å². The fraction of sp³-hybridized carbons (Fsp3) is 0.938. The van der Waals surface area contributed by atoms with Gasteiger partial charge in [-0.3, -0.25) is 4.79 Å². The van der Waals surface area contributed by atoms with Gasteiger partial charge in [0.05, 0.1) is 25.3 Å². The molecular formula is C16H30N2O3. The Balaban J connectivity index is 1.96. The molecule has 21 heavy (non-hydrogen) atoms. The van der Waals surface area contributed by atoms with Gasteiger partial charge >= 0.3 is 0 Å². The number of carbonyl (C=O) groups is 1. The molecule has 1 aliphatic carbocycles. The second kappa shape index (κ2) is 8.11. The number of ether oxygens (including phenoxy) is 2. The predicted octanol–water partition coefficient (Wildman–Crippen LogP) is 1.42. The minimum Gasteiger partial charge on any atom is -0.383 e. The maximum atomic E-state index is 12.9. The number of methoxy groups -OCH3 is 2. The Bertz CT molecular complexity index is 323. The quantitative estimate of drug-likeness (QED) is 0.772. The maximum absolute atomic E-state index is 12.9. The summed E-state index contributed by atoms with van der Waals surface area (Å²) in [5.41, 5.74) is 0. The van der Waals surface area contributed by atoms with Crippen molar-refractivity contribution in [1.29, 1.82) is 0 Å². The van der Waals surface area contributed by atoms with Crippen LogP contribution >= 0.6 is 0 Å². The zero-order valence-electron chi connectivity index (χ0n) is 13.6. The van der Waals surface area contributed by atoms with Gasteiger partial charge in [0.25, 0.3) is 0 Å². The van der Waals surface area contributed by atoms with Crippen LogP contribution in [0.15, 0.2) is 0 Å². The molecule has 5 heteroatoms. The van der Waals surface area contributed by atoms with Crippen molar-refractivity contribution < 1.29 is 14.3 Å². The number of hydrogen-bond acceptors (Lipinski definition) is 4. The Morgan fingerprint density at radius 1 is 1.29 bits per heavy atom. The Kier molecular flexibility index (Phi) is 6.45. The summed E-state index contributed by atoms with van der Waals surface area (Å²) in [5.74, 6) is 0.903. The highest BCUT2D eigenvalue weighted by Crippen LogP contribution is 2.33. The van der Waals surface area contributed by atoms with E-state index in [-0.39, 0.29) is 18.0 Å². The van der Waals surface area contributed by atoms with Crippen LogP contribution < -0.4 is 5.32 Å². The predicted molar refractivity (Wildman–Crippen MR) is 82.2 cm³/mol. The Morgan fingerprint density at radius 3 is 2.71 bits per heavy atom. The third-order valence-electron chi connectivity index (χ3n) is 4.92. The van der Waals surface area contributed by atoms with E-state index in [0.717, 1.165) is 6.42 Å². The number of fused-ring (bicyclic) bond motifs is 1. The molecule has 122 valence electrons. The summed E-state index contributed by atoms with van der Waals surface area (Å²) in [6.45, 7) is 3.81. The summed E-state index contributed by atoms with van der Waals surface area (Å²) in [4.78, 5) is 14.8. The van der Waals surface area contributed by atoms with Crippen LogP contribution in [-0.2, 0) is 14.3 Å². The number of nitrogens with one attached hydrogen (secondary N) is 1. The van der Waals surface area contributed by atoms with Gasteiger partial charge in [-0.05, 0) is 32.1 Å². The summed E-state index contributed by atoms with van der Waals surface area (Å²) in [7, 11) is 3.35. The normalized spacial score (nSPS) is 30.0. The lowest BCUT2D eigenvalue weighted by Crippen LogP contribution is -2.51. The smallest absolute Gasteiger partial charge is 0.240 e. The molecule has 1 amide bonds. The number of rotatable bonds is 7. The van der Waals surface area contributed by atoms with Gasteiger partial charge < -0.3 is 19.7 Å². The number of carbonyl (C=O) groups excluding carboxylic acids is 1. The first kappa shape index (κ1) is 16.7. The molecule has 1 saturated heterocycles. The number of hydrogen-bond donors (Lipinski definition) is 1. The molecule has 2 rings (SSSR count). The van der Waals surface area contributed by atoms with E-state index in [4.69, 9.17) is 9.47 Å². The number of nitrogens with zero attached hydrogens (tertiary/aromatic N) is 1. The first-order valence-corrected chi connectivity index (χ1v) is 8.21. The van der Waals surface area contributed by atoms with Crippen molar-refractivity contribution in [1.82, 2.24) is 10.2 Å². The highest BCUT2D eigenvalue weighted by Gasteiger charge is 2.40. The van der Waals surface area contributed by atoms with Crippen molar-refractivity contribution in [3.05, 3.63) is 0 Å². The van der Waals surface area contributed by atoms with Gasteiger partial charge in [-0.15, -0.1) is 0 Å². The van der Waals surface area contributed by atoms with E-state index < -0.39 is 0 Å². The van der Waals surface area contributed by atoms with Crippen LogP contribution in [0, 0.1) is 5.92 Å². The van der Waals surface area contributed by atoms with Crippen molar-refractivity contribution >= 4 is 5.91 Å². The van der Waals surface area contributed by atoms with Gasteiger partial charge in [0.15, 0.2) is 0 Å². The molecular weight excluding hydrogens is 268 g/mol. The first-order valence-electron chi connectivity index (χ1n) is 8.21. The monoisotopic (exact) mass is 298 g/mol. The van der Waals surface area contributed by atoms with Crippen molar-refractivity contribution in [3.63, 3.8) is 0 Å². The van der Waals surface area contributed by atoms with E-state index in [9.17, 15) is 4.79 Å². The van der Waals surface area contributed by atoms with Crippen molar-refractivity contribution in [2.75, 3.05) is 34.0 Å². The molecule has 0 aromatic rings. The van der Waals surface area contributed by atoms with Crippen LogP contribution in [0.5, 0.6) is 0 Å². The minimum absolute atomic E-state index is 0.0192. The van der Waals surface area contributed by atoms with Gasteiger partial charge in [-0.25, -0.2) is 0 Å². The summed E-state index contributed by atoms with van der Waals surface area (Å²) in [5, 5.41) is 3.57. The van der Waals surface area contributed by atoms with Crippen LogP contribution in [0.2, 0.25) is 0 Å². The third kappa shape index (κ3) is 4.18. The first-order chi connectivity index (χ1) is 10.2. The summed E-state index contributed by atoms with van der Waals surface area (Å²) >= 11 is 0. The lowest BCUT2D eigenvalue weighted by molar-refractivity contribution is -0.137. The molecule has 2 aliphatic rings. The minimum atomic E-state index is -0.0192. The highest BCUT2D eigenvalue weighted by molar-refractivity contribution is 5.82. The largest absolute Gasteiger partial charge is 0.383 e. The van der Waals surface area contributed by atoms with Crippen molar-refractivity contribution in [2.24, 2.45) is 5.92 Å². The van der Waals surface area contributed by atoms with Gasteiger partial charge in [0.1, 0.15) is 0 Å². The highest BCUT2D eigenvalue weighted by atomic mass is 16.5. The zero-order valence-corrected chi connectivity index (χ0v) is 13.6. The van der Waals surface area contributed by atoms with Gasteiger partial charge in [0.2, 0.25) is 5.91 Å². The molecule has 1 N–H and O–H groups in total. The fourth-order valence-electron chi connectivity index (χ4n) is 3.78. The van der Waals surface area contributed by atoms with E-state index in [1.165, 1.54) is 25.7 Å². The zero-order chi connectivity index (χ0) is 15.2. The van der Waals surface area contributed by atoms with Crippen LogP contribution in [0.3, 0.4) is 0 Å². The van der Waals surface area contributed by atoms with E-state index in [1.54, 1.807) is 14.2 Å². The second-order valence-electron chi connectivity index (χ2n) is 6.43. The van der Waals surface area contributed by atoms with Crippen LogP contribution in [-0.4, -0.2) is 62.9 Å². The SMILES string of the molecule is COCCN(C(=O)C1CC2CCCCC2N1)C(C)COC. The number of amides is 1. The summed E-state index contributed by atoms with van der Waals surface area (Å²) in [6, 6.07) is 0.617. The molecule has 2 fully saturated rings. The van der Waals surface area contributed by atoms with E-state index in [2.05, 4.69) is 5.32 Å². The molecule has 0 aromatic heterocycles. The van der Waals surface area contributed by atoms with Gasteiger partial charge in [-0.1, -0.05) is 12.8 Å². The summed E-state index contributed by atoms with van der Waals surface area (Å²) in [6.07, 6.45) is 6.10. The molecule has 0 bridgehead atoms. The average Bonchev–Trinajstić information content (AvgIpc) is 2.91.